The number of hydrogen-bond acceptors (Lipinski definition) is 3. The van der Waals surface area contributed by atoms with Crippen molar-refractivity contribution in [2.75, 3.05) is 18.5 Å². The van der Waals surface area contributed by atoms with Gasteiger partial charge in [0.1, 0.15) is 12.4 Å². The van der Waals surface area contributed by atoms with Gasteiger partial charge in [0.15, 0.2) is 0 Å². The summed E-state index contributed by atoms with van der Waals surface area (Å²) in [5.74, 6) is 0.616. The molecule has 0 aromatic carbocycles. The van der Waals surface area contributed by atoms with E-state index in [2.05, 4.69) is 17.3 Å². The molecule has 0 fully saturated rings. The van der Waals surface area contributed by atoms with Crippen LogP contribution in [0.3, 0.4) is 0 Å². The number of rotatable bonds is 7. The molecule has 0 saturated heterocycles. The second-order valence-electron chi connectivity index (χ2n) is 3.93. The van der Waals surface area contributed by atoms with Gasteiger partial charge >= 0.3 is 0 Å². The SMILES string of the molecule is CCCCn1nc(C)cc1NC(=O)COCC. The molecule has 0 aliphatic heterocycles. The largest absolute Gasteiger partial charge is 0.372 e. The third-order valence-corrected chi connectivity index (χ3v) is 2.33. The van der Waals surface area contributed by atoms with Crippen molar-refractivity contribution < 1.29 is 9.53 Å². The lowest BCUT2D eigenvalue weighted by atomic mass is 10.3. The van der Waals surface area contributed by atoms with Crippen molar-refractivity contribution in [1.82, 2.24) is 9.78 Å². The van der Waals surface area contributed by atoms with Crippen LogP contribution in [0.4, 0.5) is 5.82 Å². The lowest BCUT2D eigenvalue weighted by Crippen LogP contribution is -2.20. The predicted octanol–water partition coefficient (Wildman–Crippen LogP) is 1.97. The zero-order valence-corrected chi connectivity index (χ0v) is 10.8. The van der Waals surface area contributed by atoms with E-state index in [0.29, 0.717) is 6.61 Å². The zero-order chi connectivity index (χ0) is 12.7. The summed E-state index contributed by atoms with van der Waals surface area (Å²) in [4.78, 5) is 11.5. The maximum absolute atomic E-state index is 11.5. The number of amides is 1. The van der Waals surface area contributed by atoms with Crippen molar-refractivity contribution in [3.05, 3.63) is 11.8 Å². The zero-order valence-electron chi connectivity index (χ0n) is 10.8. The van der Waals surface area contributed by atoms with Gasteiger partial charge in [-0.15, -0.1) is 0 Å². The molecule has 1 rings (SSSR count). The highest BCUT2D eigenvalue weighted by molar-refractivity contribution is 5.90. The fraction of sp³-hybridized carbons (Fsp3) is 0.667. The van der Waals surface area contributed by atoms with E-state index in [1.165, 1.54) is 0 Å². The van der Waals surface area contributed by atoms with Gasteiger partial charge in [-0.2, -0.15) is 5.10 Å². The van der Waals surface area contributed by atoms with Crippen LogP contribution in [-0.4, -0.2) is 28.9 Å². The van der Waals surface area contributed by atoms with E-state index in [4.69, 9.17) is 4.74 Å². The average molecular weight is 239 g/mol. The number of unbranched alkanes of at least 4 members (excludes halogenated alkanes) is 1. The lowest BCUT2D eigenvalue weighted by Gasteiger charge is -2.08. The number of anilines is 1. The molecule has 0 radical (unpaired) electrons. The molecule has 1 aromatic rings. The number of carbonyl (C=O) groups is 1. The molecular formula is C12H21N3O2. The first-order valence-corrected chi connectivity index (χ1v) is 6.09. The normalized spacial score (nSPS) is 10.5. The third-order valence-electron chi connectivity index (χ3n) is 2.33. The van der Waals surface area contributed by atoms with Gasteiger partial charge in [-0.3, -0.25) is 4.79 Å². The Bertz CT molecular complexity index is 361. The Hall–Kier alpha value is -1.36. The first-order chi connectivity index (χ1) is 8.17. The van der Waals surface area contributed by atoms with E-state index < -0.39 is 0 Å². The maximum atomic E-state index is 11.5. The summed E-state index contributed by atoms with van der Waals surface area (Å²) >= 11 is 0. The van der Waals surface area contributed by atoms with Gasteiger partial charge in [-0.1, -0.05) is 13.3 Å². The maximum Gasteiger partial charge on any atom is 0.251 e. The number of nitrogens with one attached hydrogen (secondary N) is 1. The summed E-state index contributed by atoms with van der Waals surface area (Å²) in [5, 5.41) is 7.15. The van der Waals surface area contributed by atoms with Crippen LogP contribution in [0.2, 0.25) is 0 Å². The van der Waals surface area contributed by atoms with Crippen molar-refractivity contribution >= 4 is 11.7 Å². The number of nitrogens with zero attached hydrogens (tertiary/aromatic N) is 2. The third kappa shape index (κ3) is 4.56. The molecule has 1 heterocycles. The van der Waals surface area contributed by atoms with Crippen LogP contribution >= 0.6 is 0 Å². The average Bonchev–Trinajstić information content (AvgIpc) is 2.64. The first kappa shape index (κ1) is 13.7. The molecule has 96 valence electrons. The molecule has 5 nitrogen and oxygen atoms in total. The fourth-order valence-corrected chi connectivity index (χ4v) is 1.50. The highest BCUT2D eigenvalue weighted by atomic mass is 16.5. The van der Waals surface area contributed by atoms with Crippen LogP contribution in [-0.2, 0) is 16.1 Å². The van der Waals surface area contributed by atoms with Crippen molar-refractivity contribution in [3.8, 4) is 0 Å². The highest BCUT2D eigenvalue weighted by Crippen LogP contribution is 2.11. The quantitative estimate of drug-likeness (QED) is 0.791. The number of aromatic nitrogens is 2. The Balaban J connectivity index is 2.59. The van der Waals surface area contributed by atoms with Gasteiger partial charge in [0, 0.05) is 19.2 Å². The van der Waals surface area contributed by atoms with Gasteiger partial charge in [0.05, 0.1) is 5.69 Å². The van der Waals surface area contributed by atoms with Crippen molar-refractivity contribution in [2.45, 2.75) is 40.2 Å². The van der Waals surface area contributed by atoms with E-state index in [1.54, 1.807) is 0 Å². The minimum Gasteiger partial charge on any atom is -0.372 e. The van der Waals surface area contributed by atoms with Gasteiger partial charge in [-0.05, 0) is 20.3 Å². The second-order valence-corrected chi connectivity index (χ2v) is 3.93. The molecule has 17 heavy (non-hydrogen) atoms. The highest BCUT2D eigenvalue weighted by Gasteiger charge is 2.08. The number of ether oxygens (including phenoxy) is 1. The minimum absolute atomic E-state index is 0.0918. The van der Waals surface area contributed by atoms with Gasteiger partial charge in [-0.25, -0.2) is 4.68 Å². The Morgan fingerprint density at radius 2 is 2.29 bits per heavy atom. The van der Waals surface area contributed by atoms with Crippen molar-refractivity contribution in [1.29, 1.82) is 0 Å². The molecule has 1 N–H and O–H groups in total. The Labute approximate surface area is 102 Å². The number of aryl methyl sites for hydroxylation is 2. The lowest BCUT2D eigenvalue weighted by molar-refractivity contribution is -0.120. The molecule has 0 bridgehead atoms. The van der Waals surface area contributed by atoms with Crippen LogP contribution in [0.25, 0.3) is 0 Å². The standard InChI is InChI=1S/C12H21N3O2/c1-4-6-7-15-11(8-10(3)14-15)13-12(16)9-17-5-2/h8H,4-7,9H2,1-3H3,(H,13,16). The molecule has 0 aliphatic carbocycles. The molecule has 1 amide bonds. The second kappa shape index (κ2) is 7.06. The summed E-state index contributed by atoms with van der Waals surface area (Å²) in [6.45, 7) is 7.37. The van der Waals surface area contributed by atoms with E-state index in [9.17, 15) is 4.79 Å². The molecule has 5 heteroatoms. The monoisotopic (exact) mass is 239 g/mol. The van der Waals surface area contributed by atoms with Gasteiger partial charge in [0.2, 0.25) is 0 Å². The van der Waals surface area contributed by atoms with Gasteiger partial charge in [0.25, 0.3) is 5.91 Å². The van der Waals surface area contributed by atoms with Crippen LogP contribution in [0.5, 0.6) is 0 Å². The van der Waals surface area contributed by atoms with Crippen LogP contribution in [0, 0.1) is 6.92 Å². The smallest absolute Gasteiger partial charge is 0.251 e. The van der Waals surface area contributed by atoms with Crippen LogP contribution in [0.1, 0.15) is 32.4 Å². The van der Waals surface area contributed by atoms with Gasteiger partial charge < -0.3 is 10.1 Å². The molecule has 0 saturated carbocycles. The Morgan fingerprint density at radius 1 is 1.53 bits per heavy atom. The molecule has 0 aliphatic rings. The van der Waals surface area contributed by atoms with E-state index in [0.717, 1.165) is 30.9 Å². The number of carbonyl (C=O) groups excluding carboxylic acids is 1. The number of hydrogen-bond donors (Lipinski definition) is 1. The summed E-state index contributed by atoms with van der Waals surface area (Å²) in [6.07, 6.45) is 2.15. The fourth-order valence-electron chi connectivity index (χ4n) is 1.50. The van der Waals surface area contributed by atoms with Crippen molar-refractivity contribution in [3.63, 3.8) is 0 Å². The molecule has 0 spiro atoms. The molecule has 0 atom stereocenters. The minimum atomic E-state index is -0.135. The van der Waals surface area contributed by atoms with Crippen molar-refractivity contribution in [2.24, 2.45) is 0 Å². The summed E-state index contributed by atoms with van der Waals surface area (Å²) < 4.78 is 6.89. The predicted molar refractivity (Wildman–Crippen MR) is 67.0 cm³/mol. The Kier molecular flexibility index (Phi) is 5.69. The van der Waals surface area contributed by atoms with E-state index >= 15 is 0 Å². The summed E-state index contributed by atoms with van der Waals surface area (Å²) in [6, 6.07) is 1.87. The van der Waals surface area contributed by atoms with E-state index in [1.807, 2.05) is 24.6 Å². The van der Waals surface area contributed by atoms with Crippen LogP contribution in [0.15, 0.2) is 6.07 Å². The Morgan fingerprint density at radius 3 is 2.94 bits per heavy atom. The summed E-state index contributed by atoms with van der Waals surface area (Å²) in [5.41, 5.74) is 0.910. The topological polar surface area (TPSA) is 56.2 Å². The summed E-state index contributed by atoms with van der Waals surface area (Å²) in [7, 11) is 0. The van der Waals surface area contributed by atoms with E-state index in [-0.39, 0.29) is 12.5 Å². The molecule has 1 aromatic heterocycles. The molecular weight excluding hydrogens is 218 g/mol. The molecule has 0 unspecified atom stereocenters. The first-order valence-electron chi connectivity index (χ1n) is 6.09. The van der Waals surface area contributed by atoms with Crippen LogP contribution < -0.4 is 5.32 Å².